The molecular weight excluding hydrogens is 458 g/mol. The number of benzene rings is 1. The molecule has 0 aliphatic rings. The van der Waals surface area contributed by atoms with Crippen LogP contribution < -0.4 is 21.3 Å². The Bertz CT molecular complexity index is 1470. The fourth-order valence-electron chi connectivity index (χ4n) is 3.34. The summed E-state index contributed by atoms with van der Waals surface area (Å²) < 4.78 is 32.5. The lowest BCUT2D eigenvalue weighted by Gasteiger charge is -2.06. The van der Waals surface area contributed by atoms with E-state index in [9.17, 15) is 23.2 Å². The van der Waals surface area contributed by atoms with E-state index in [1.165, 1.54) is 53.0 Å². The van der Waals surface area contributed by atoms with Crippen molar-refractivity contribution in [1.82, 2.24) is 23.7 Å². The first-order valence-electron chi connectivity index (χ1n) is 9.59. The average Bonchev–Trinajstić information content (AvgIpc) is 3.34. The van der Waals surface area contributed by atoms with Crippen molar-refractivity contribution in [2.24, 2.45) is 14.1 Å². The zero-order chi connectivity index (χ0) is 23.9. The lowest BCUT2D eigenvalue weighted by atomic mass is 10.1. The number of thiazole rings is 1. The highest BCUT2D eigenvalue weighted by Crippen LogP contribution is 2.31. The monoisotopic (exact) mass is 476 g/mol. The lowest BCUT2D eigenvalue weighted by molar-refractivity contribution is -0.116. The van der Waals surface area contributed by atoms with E-state index < -0.39 is 23.8 Å². The fraction of sp³-hybridized carbons (Fsp3) is 0.250. The van der Waals surface area contributed by atoms with Crippen molar-refractivity contribution >= 4 is 33.5 Å². The van der Waals surface area contributed by atoms with E-state index in [4.69, 9.17) is 0 Å². The molecule has 0 bridgehead atoms. The number of alkyl halides is 2. The molecule has 172 valence electrons. The van der Waals surface area contributed by atoms with Crippen molar-refractivity contribution in [3.8, 4) is 17.0 Å². The average molecular weight is 476 g/mol. The van der Waals surface area contributed by atoms with Crippen LogP contribution in [0.3, 0.4) is 0 Å². The highest BCUT2D eigenvalue weighted by atomic mass is 32.1. The van der Waals surface area contributed by atoms with E-state index in [1.807, 2.05) is 6.92 Å². The number of aromatic nitrogens is 5. The molecule has 3 heterocycles. The van der Waals surface area contributed by atoms with Gasteiger partial charge in [0.15, 0.2) is 16.3 Å². The molecule has 0 unspecified atom stereocenters. The van der Waals surface area contributed by atoms with Crippen LogP contribution in [-0.2, 0) is 25.4 Å². The number of hydrogen-bond donors (Lipinski definition) is 1. The number of aryl methyl sites for hydroxylation is 2. The second-order valence-corrected chi connectivity index (χ2v) is 8.33. The smallest absolute Gasteiger partial charge is 0.387 e. The van der Waals surface area contributed by atoms with Gasteiger partial charge in [-0.25, -0.2) is 14.8 Å². The summed E-state index contributed by atoms with van der Waals surface area (Å²) >= 11 is 1.25. The summed E-state index contributed by atoms with van der Waals surface area (Å²) in [5.74, 6) is -0.405. The van der Waals surface area contributed by atoms with Crippen molar-refractivity contribution in [2.75, 3.05) is 5.32 Å². The first kappa shape index (κ1) is 22.3. The van der Waals surface area contributed by atoms with Crippen LogP contribution in [0.2, 0.25) is 0 Å². The minimum Gasteiger partial charge on any atom is -0.435 e. The van der Waals surface area contributed by atoms with Crippen LogP contribution in [0.1, 0.15) is 4.88 Å². The molecule has 1 N–H and O–H groups in total. The zero-order valence-corrected chi connectivity index (χ0v) is 18.5. The normalized spacial score (nSPS) is 11.3. The molecule has 13 heteroatoms. The Morgan fingerprint density at radius 1 is 1.18 bits per heavy atom. The number of carbonyl (C=O) groups is 1. The Hall–Kier alpha value is -3.87. The Kier molecular flexibility index (Phi) is 5.80. The molecule has 0 spiro atoms. The quantitative estimate of drug-likeness (QED) is 0.456. The van der Waals surface area contributed by atoms with E-state index in [0.717, 1.165) is 9.44 Å². The molecule has 4 rings (SSSR count). The minimum absolute atomic E-state index is 0.0337. The van der Waals surface area contributed by atoms with E-state index in [1.54, 1.807) is 12.1 Å². The van der Waals surface area contributed by atoms with Gasteiger partial charge in [0.25, 0.3) is 5.56 Å². The van der Waals surface area contributed by atoms with E-state index >= 15 is 0 Å². The molecule has 3 aromatic heterocycles. The number of halogens is 2. The molecule has 0 atom stereocenters. The molecule has 0 fully saturated rings. The number of hydrogen-bond acceptors (Lipinski definition) is 7. The van der Waals surface area contributed by atoms with Crippen molar-refractivity contribution in [1.29, 1.82) is 0 Å². The number of rotatable bonds is 6. The first-order chi connectivity index (χ1) is 15.7. The minimum atomic E-state index is -2.91. The van der Waals surface area contributed by atoms with Crippen LogP contribution in [-0.4, -0.2) is 36.2 Å². The summed E-state index contributed by atoms with van der Waals surface area (Å²) in [6, 6.07) is 6.03. The van der Waals surface area contributed by atoms with Gasteiger partial charge in [-0.05, 0) is 31.2 Å². The maximum absolute atomic E-state index is 12.6. The van der Waals surface area contributed by atoms with Crippen LogP contribution in [0.5, 0.6) is 5.75 Å². The molecule has 0 saturated carbocycles. The number of imidazole rings is 1. The van der Waals surface area contributed by atoms with Gasteiger partial charge in [-0.2, -0.15) is 8.78 Å². The topological polar surface area (TPSA) is 113 Å². The molecule has 1 amide bonds. The number of nitrogens with one attached hydrogen (secondary N) is 1. The van der Waals surface area contributed by atoms with Gasteiger partial charge in [0.05, 0.1) is 12.0 Å². The zero-order valence-electron chi connectivity index (χ0n) is 17.7. The summed E-state index contributed by atoms with van der Waals surface area (Å²) in [6.45, 7) is -1.30. The summed E-state index contributed by atoms with van der Waals surface area (Å²) in [5, 5.41) is 3.03. The predicted octanol–water partition coefficient (Wildman–Crippen LogP) is 2.11. The summed E-state index contributed by atoms with van der Waals surface area (Å²) in [7, 11) is 2.85. The third-order valence-corrected chi connectivity index (χ3v) is 5.81. The van der Waals surface area contributed by atoms with Crippen LogP contribution in [0, 0.1) is 6.92 Å². The standard InChI is InChI=1S/C20H18F2N6O4S/c1-10-14(11-4-6-12(7-5-11)32-18(21)22)25-19(33-10)24-13(29)8-28-9-23-16-15(28)17(30)27(3)20(31)26(16)2/h4-7,9,18H,8H2,1-3H3,(H,24,25,29). The Morgan fingerprint density at radius 2 is 1.88 bits per heavy atom. The maximum Gasteiger partial charge on any atom is 0.387 e. The van der Waals surface area contributed by atoms with Crippen LogP contribution in [0.25, 0.3) is 22.4 Å². The fourth-order valence-corrected chi connectivity index (χ4v) is 4.19. The maximum atomic E-state index is 12.6. The third-order valence-electron chi connectivity index (χ3n) is 4.93. The Morgan fingerprint density at radius 3 is 2.55 bits per heavy atom. The molecule has 4 aromatic rings. The molecule has 1 aromatic carbocycles. The molecule has 0 radical (unpaired) electrons. The SMILES string of the molecule is Cc1sc(NC(=O)Cn2cnc3c2c(=O)n(C)c(=O)n3C)nc1-c1ccc(OC(F)F)cc1. The van der Waals surface area contributed by atoms with E-state index in [-0.39, 0.29) is 23.5 Å². The third kappa shape index (κ3) is 4.26. The van der Waals surface area contributed by atoms with Crippen molar-refractivity contribution in [2.45, 2.75) is 20.1 Å². The highest BCUT2D eigenvalue weighted by molar-refractivity contribution is 7.16. The lowest BCUT2D eigenvalue weighted by Crippen LogP contribution is -2.37. The number of nitrogens with zero attached hydrogens (tertiary/aromatic N) is 5. The summed E-state index contributed by atoms with van der Waals surface area (Å²) in [4.78, 5) is 46.5. The van der Waals surface area contributed by atoms with Crippen LogP contribution in [0.4, 0.5) is 13.9 Å². The van der Waals surface area contributed by atoms with E-state index in [2.05, 4.69) is 20.0 Å². The molecule has 0 saturated heterocycles. The van der Waals surface area contributed by atoms with Gasteiger partial charge in [-0.1, -0.05) is 0 Å². The molecule has 10 nitrogen and oxygen atoms in total. The largest absolute Gasteiger partial charge is 0.435 e. The van der Waals surface area contributed by atoms with Gasteiger partial charge >= 0.3 is 12.3 Å². The number of anilines is 1. The Balaban J connectivity index is 1.54. The molecular formula is C20H18F2N6O4S. The first-order valence-corrected chi connectivity index (χ1v) is 10.4. The van der Waals surface area contributed by atoms with Gasteiger partial charge in [0.2, 0.25) is 5.91 Å². The van der Waals surface area contributed by atoms with E-state index in [0.29, 0.717) is 16.4 Å². The second-order valence-electron chi connectivity index (χ2n) is 7.13. The summed E-state index contributed by atoms with van der Waals surface area (Å²) in [5.41, 5.74) is 0.526. The number of ether oxygens (including phenoxy) is 1. The Labute approximate surface area is 188 Å². The van der Waals surface area contributed by atoms with Crippen molar-refractivity contribution in [3.05, 3.63) is 56.3 Å². The van der Waals surface area contributed by atoms with Gasteiger partial charge in [-0.15, -0.1) is 11.3 Å². The molecule has 0 aliphatic carbocycles. The van der Waals surface area contributed by atoms with Gasteiger partial charge in [0, 0.05) is 24.5 Å². The van der Waals surface area contributed by atoms with Gasteiger partial charge in [-0.3, -0.25) is 18.7 Å². The van der Waals surface area contributed by atoms with Crippen LogP contribution >= 0.6 is 11.3 Å². The van der Waals surface area contributed by atoms with Gasteiger partial charge < -0.3 is 14.6 Å². The van der Waals surface area contributed by atoms with Crippen molar-refractivity contribution < 1.29 is 18.3 Å². The van der Waals surface area contributed by atoms with Crippen LogP contribution in [0.15, 0.2) is 40.2 Å². The van der Waals surface area contributed by atoms with Crippen molar-refractivity contribution in [3.63, 3.8) is 0 Å². The van der Waals surface area contributed by atoms with Gasteiger partial charge in [0.1, 0.15) is 12.3 Å². The second kappa shape index (κ2) is 8.58. The molecule has 33 heavy (non-hydrogen) atoms. The number of fused-ring (bicyclic) bond motifs is 1. The predicted molar refractivity (Wildman–Crippen MR) is 118 cm³/mol. The highest BCUT2D eigenvalue weighted by Gasteiger charge is 2.17. The number of carbonyl (C=O) groups excluding carboxylic acids is 1. The molecule has 0 aliphatic heterocycles. The summed E-state index contributed by atoms with van der Waals surface area (Å²) in [6.07, 6.45) is 1.33. The number of amides is 1.